The van der Waals surface area contributed by atoms with Gasteiger partial charge in [-0.2, -0.15) is 0 Å². The summed E-state index contributed by atoms with van der Waals surface area (Å²) in [6.07, 6.45) is 1.93. The maximum atomic E-state index is 13.8. The summed E-state index contributed by atoms with van der Waals surface area (Å²) in [5.74, 6) is -0.534. The van der Waals surface area contributed by atoms with E-state index in [0.29, 0.717) is 36.9 Å². The summed E-state index contributed by atoms with van der Waals surface area (Å²) in [6, 6.07) is 22.5. The predicted octanol–water partition coefficient (Wildman–Crippen LogP) is 5.53. The number of hydrogen-bond acceptors (Lipinski definition) is 4. The quantitative estimate of drug-likeness (QED) is 0.259. The molecule has 1 aliphatic rings. The zero-order valence-corrected chi connectivity index (χ0v) is 24.5. The van der Waals surface area contributed by atoms with Crippen LogP contribution in [0.4, 0.5) is 16.2 Å². The third-order valence-electron chi connectivity index (χ3n) is 7.63. The molecule has 214 valence electrons. The molecule has 0 radical (unpaired) electrons. The minimum Gasteiger partial charge on any atom is -0.368 e. The van der Waals surface area contributed by atoms with Gasteiger partial charge in [0.15, 0.2) is 0 Å². The smallest absolute Gasteiger partial charge is 0.318 e. The van der Waals surface area contributed by atoms with Gasteiger partial charge in [-0.1, -0.05) is 48.9 Å². The lowest BCUT2D eigenvalue weighted by Crippen LogP contribution is -2.56. The lowest BCUT2D eigenvalue weighted by Gasteiger charge is -2.37. The molecule has 1 fully saturated rings. The summed E-state index contributed by atoms with van der Waals surface area (Å²) in [4.78, 5) is 36.8. The summed E-state index contributed by atoms with van der Waals surface area (Å²) < 4.78 is 0. The number of rotatable bonds is 8. The van der Waals surface area contributed by atoms with Crippen LogP contribution < -0.4 is 15.5 Å². The van der Waals surface area contributed by atoms with Crippen LogP contribution in [0, 0.1) is 0 Å². The van der Waals surface area contributed by atoms with Gasteiger partial charge in [-0.15, -0.1) is 0 Å². The Hall–Kier alpha value is -4.01. The lowest BCUT2D eigenvalue weighted by atomic mass is 9.92. The molecule has 1 aromatic heterocycles. The number of H-pyrrole nitrogens is 1. The molecule has 5 rings (SSSR count). The van der Waals surface area contributed by atoms with Crippen molar-refractivity contribution in [2.24, 2.45) is 0 Å². The first-order chi connectivity index (χ1) is 19.8. The molecular weight excluding hydrogens is 536 g/mol. The summed E-state index contributed by atoms with van der Waals surface area (Å²) in [7, 11) is 4.02. The summed E-state index contributed by atoms with van der Waals surface area (Å²) >= 11 is 6.05. The number of aromatic amines is 1. The number of urea groups is 1. The van der Waals surface area contributed by atoms with Gasteiger partial charge in [-0.3, -0.25) is 4.79 Å². The molecule has 9 heteroatoms. The molecule has 2 heterocycles. The number of benzene rings is 3. The third kappa shape index (κ3) is 6.84. The van der Waals surface area contributed by atoms with Crippen molar-refractivity contribution >= 4 is 45.8 Å². The number of carbonyl (C=O) groups is 2. The highest BCUT2D eigenvalue weighted by atomic mass is 35.5. The maximum Gasteiger partial charge on any atom is 0.318 e. The normalized spacial score (nSPS) is 15.1. The highest BCUT2D eigenvalue weighted by Crippen LogP contribution is 2.29. The van der Waals surface area contributed by atoms with Crippen molar-refractivity contribution in [3.8, 4) is 0 Å². The molecule has 0 saturated carbocycles. The minimum atomic E-state index is -0.784. The molecule has 2 unspecified atom stereocenters. The van der Waals surface area contributed by atoms with Gasteiger partial charge < -0.3 is 30.3 Å². The van der Waals surface area contributed by atoms with Gasteiger partial charge in [0.25, 0.3) is 0 Å². The van der Waals surface area contributed by atoms with E-state index in [0.717, 1.165) is 34.3 Å². The van der Waals surface area contributed by atoms with E-state index in [1.54, 1.807) is 4.90 Å². The average molecular weight is 573 g/mol. The Morgan fingerprint density at radius 1 is 0.976 bits per heavy atom. The van der Waals surface area contributed by atoms with Crippen molar-refractivity contribution in [3.63, 3.8) is 0 Å². The Morgan fingerprint density at radius 2 is 1.71 bits per heavy atom. The molecule has 3 amide bonds. The fourth-order valence-corrected chi connectivity index (χ4v) is 5.57. The zero-order chi connectivity index (χ0) is 28.9. The Kier molecular flexibility index (Phi) is 8.81. The molecular formula is C32H37ClN6O2. The fourth-order valence-electron chi connectivity index (χ4n) is 5.44. The molecule has 3 aromatic carbocycles. The van der Waals surface area contributed by atoms with Crippen LogP contribution in [-0.2, 0) is 11.3 Å². The molecule has 8 nitrogen and oxygen atoms in total. The number of nitrogens with one attached hydrogen (secondary N) is 3. The zero-order valence-electron chi connectivity index (χ0n) is 23.7. The van der Waals surface area contributed by atoms with Gasteiger partial charge in [0, 0.05) is 72.1 Å². The van der Waals surface area contributed by atoms with Gasteiger partial charge in [0.2, 0.25) is 5.91 Å². The number of aromatic nitrogens is 1. The summed E-state index contributed by atoms with van der Waals surface area (Å²) in [6.45, 7) is 5.25. The Morgan fingerprint density at radius 3 is 2.44 bits per heavy atom. The van der Waals surface area contributed by atoms with Gasteiger partial charge in [-0.05, 0) is 67.7 Å². The fraction of sp³-hybridized carbons (Fsp3) is 0.312. The number of anilines is 2. The van der Waals surface area contributed by atoms with E-state index >= 15 is 0 Å². The number of halogens is 1. The number of amides is 3. The summed E-state index contributed by atoms with van der Waals surface area (Å²) in [5, 5.41) is 7.89. The van der Waals surface area contributed by atoms with E-state index in [1.807, 2.05) is 100 Å². The third-order valence-corrected chi connectivity index (χ3v) is 7.88. The van der Waals surface area contributed by atoms with Crippen molar-refractivity contribution in [1.82, 2.24) is 20.1 Å². The van der Waals surface area contributed by atoms with E-state index in [4.69, 9.17) is 11.6 Å². The molecule has 1 aliphatic heterocycles. The Labute approximate surface area is 246 Å². The SMILES string of the molecule is CC(c1c[nH]c2ccccc12)C(NC(=O)N1CCN(c2ccc(Cl)cc2)CC1)C(=O)Nc1cccc(CN(C)C)c1. The largest absolute Gasteiger partial charge is 0.368 e. The van der Waals surface area contributed by atoms with Gasteiger partial charge in [0.05, 0.1) is 0 Å². The molecule has 2 atom stereocenters. The topological polar surface area (TPSA) is 83.7 Å². The van der Waals surface area contributed by atoms with Crippen LogP contribution in [0.5, 0.6) is 0 Å². The standard InChI is InChI=1S/C32H37ClN6O2/c1-22(28-20-34-29-10-5-4-9-27(28)29)30(31(40)35-25-8-6-7-23(19-25)21-37(2)3)36-32(41)39-17-15-38(16-18-39)26-13-11-24(33)12-14-26/h4-14,19-20,22,30,34H,15-18,21H2,1-3H3,(H,35,40)(H,36,41). The van der Waals surface area contributed by atoms with E-state index in [-0.39, 0.29) is 17.9 Å². The first-order valence-electron chi connectivity index (χ1n) is 13.9. The maximum absolute atomic E-state index is 13.8. The van der Waals surface area contributed by atoms with Crippen molar-refractivity contribution in [2.75, 3.05) is 50.5 Å². The molecule has 0 bridgehead atoms. The number of nitrogens with zero attached hydrogens (tertiary/aromatic N) is 3. The molecule has 1 saturated heterocycles. The van der Waals surface area contributed by atoms with E-state index in [2.05, 4.69) is 25.4 Å². The first-order valence-corrected chi connectivity index (χ1v) is 14.3. The van der Waals surface area contributed by atoms with Crippen LogP contribution in [0.1, 0.15) is 24.0 Å². The lowest BCUT2D eigenvalue weighted by molar-refractivity contribution is -0.118. The Bertz CT molecular complexity index is 1490. The van der Waals surface area contributed by atoms with Crippen LogP contribution in [-0.4, -0.2) is 73.0 Å². The van der Waals surface area contributed by atoms with Gasteiger partial charge in [-0.25, -0.2) is 4.79 Å². The highest BCUT2D eigenvalue weighted by molar-refractivity contribution is 6.30. The Balaban J connectivity index is 1.33. The van der Waals surface area contributed by atoms with Crippen LogP contribution >= 0.6 is 11.6 Å². The van der Waals surface area contributed by atoms with Crippen molar-refractivity contribution < 1.29 is 9.59 Å². The van der Waals surface area contributed by atoms with Crippen LogP contribution in [0.15, 0.2) is 79.0 Å². The molecule has 0 aliphatic carbocycles. The number of hydrogen-bond donors (Lipinski definition) is 3. The van der Waals surface area contributed by atoms with Gasteiger partial charge in [0.1, 0.15) is 6.04 Å². The number of fused-ring (bicyclic) bond motifs is 1. The first kappa shape index (κ1) is 28.5. The van der Waals surface area contributed by atoms with Crippen molar-refractivity contribution in [1.29, 1.82) is 0 Å². The van der Waals surface area contributed by atoms with Gasteiger partial charge >= 0.3 is 6.03 Å². The van der Waals surface area contributed by atoms with Crippen molar-refractivity contribution in [2.45, 2.75) is 25.4 Å². The number of para-hydroxylation sites is 1. The molecule has 4 aromatic rings. The molecule has 0 spiro atoms. The molecule has 41 heavy (non-hydrogen) atoms. The van der Waals surface area contributed by atoms with E-state index < -0.39 is 6.04 Å². The van der Waals surface area contributed by atoms with E-state index in [9.17, 15) is 9.59 Å². The second-order valence-corrected chi connectivity index (χ2v) is 11.3. The second-order valence-electron chi connectivity index (χ2n) is 10.9. The predicted molar refractivity (Wildman–Crippen MR) is 167 cm³/mol. The minimum absolute atomic E-state index is 0.242. The monoisotopic (exact) mass is 572 g/mol. The average Bonchev–Trinajstić information content (AvgIpc) is 3.40. The highest BCUT2D eigenvalue weighted by Gasteiger charge is 2.32. The second kappa shape index (κ2) is 12.7. The van der Waals surface area contributed by atoms with E-state index in [1.165, 1.54) is 0 Å². The molecule has 3 N–H and O–H groups in total. The summed E-state index contributed by atoms with van der Waals surface area (Å²) in [5.41, 5.74) is 4.86. The van der Waals surface area contributed by atoms with Crippen LogP contribution in [0.3, 0.4) is 0 Å². The van der Waals surface area contributed by atoms with Crippen LogP contribution in [0.25, 0.3) is 10.9 Å². The van der Waals surface area contributed by atoms with Crippen molar-refractivity contribution in [3.05, 3.63) is 95.1 Å². The number of piperazine rings is 1. The number of carbonyl (C=O) groups excluding carboxylic acids is 2. The van der Waals surface area contributed by atoms with Crippen LogP contribution in [0.2, 0.25) is 5.02 Å².